The molecule has 0 amide bonds. The summed E-state index contributed by atoms with van der Waals surface area (Å²) in [5, 5.41) is 0. The second kappa shape index (κ2) is 5.57. The van der Waals surface area contributed by atoms with Crippen molar-refractivity contribution < 1.29 is 30.2 Å². The molecule has 4 bridgehead atoms. The van der Waals surface area contributed by atoms with Gasteiger partial charge in [0.25, 0.3) is 5.56 Å². The number of hydrogen-bond acceptors (Lipinski definition) is 3. The second-order valence-electron chi connectivity index (χ2n) is 5.79. The van der Waals surface area contributed by atoms with Gasteiger partial charge in [0.05, 0.1) is 2.74 Å². The zero-order valence-corrected chi connectivity index (χ0v) is 13.4. The lowest BCUT2D eigenvalue weighted by Crippen LogP contribution is -2.40. The van der Waals surface area contributed by atoms with Crippen molar-refractivity contribution >= 4 is 11.2 Å². The molecule has 0 radical (unpaired) electrons. The third-order valence-electron chi connectivity index (χ3n) is 4.29. The zero-order chi connectivity index (χ0) is 37.7. The van der Waals surface area contributed by atoms with Crippen LogP contribution in [0.3, 0.4) is 0 Å². The van der Waals surface area contributed by atoms with Crippen LogP contribution in [0.5, 0.6) is 0 Å². The van der Waals surface area contributed by atoms with Gasteiger partial charge in [-0.25, -0.2) is 9.78 Å². The molecule has 6 rings (SSSR count). The number of aromatic nitrogens is 4. The first-order valence-corrected chi connectivity index (χ1v) is 7.76. The summed E-state index contributed by atoms with van der Waals surface area (Å²) in [5.41, 5.74) is -10.4. The predicted octanol–water partition coefficient (Wildman–Crippen LogP) is 2.78. The summed E-state index contributed by atoms with van der Waals surface area (Å²) in [6, 6.07) is 0. The highest BCUT2D eigenvalue weighted by Gasteiger charge is 2.59. The smallest absolute Gasteiger partial charge is 0.332 e. The van der Waals surface area contributed by atoms with Crippen LogP contribution in [0.25, 0.3) is 11.2 Å². The van der Waals surface area contributed by atoms with E-state index in [2.05, 4.69) is 4.98 Å². The molecular weight excluding hydrogens is 328 g/mol. The maximum absolute atomic E-state index is 13.8. The van der Waals surface area contributed by atoms with Gasteiger partial charge in [-0.15, -0.1) is 0 Å². The van der Waals surface area contributed by atoms with Gasteiger partial charge in [-0.3, -0.25) is 13.9 Å². The van der Waals surface area contributed by atoms with Crippen LogP contribution in [0, 0.1) is 17.7 Å². The Balaban J connectivity index is 2.10. The number of fused-ring (bicyclic) bond motifs is 1. The largest absolute Gasteiger partial charge is 0.336 e. The molecule has 4 aliphatic rings. The van der Waals surface area contributed by atoms with E-state index in [4.69, 9.17) is 28.8 Å². The highest BCUT2D eigenvalue weighted by molar-refractivity contribution is 5.70. The Morgan fingerprint density at radius 3 is 2.77 bits per heavy atom. The lowest BCUT2D eigenvalue weighted by Gasteiger charge is -2.30. The summed E-state index contributed by atoms with van der Waals surface area (Å²) in [4.78, 5) is 33.3. The molecule has 26 heavy (non-hydrogen) atoms. The van der Waals surface area contributed by atoms with Gasteiger partial charge in [0.2, 0.25) is 0 Å². The maximum atomic E-state index is 13.8. The van der Waals surface area contributed by atoms with Crippen molar-refractivity contribution in [3.63, 3.8) is 0 Å². The minimum absolute atomic E-state index is 0.254. The van der Waals surface area contributed by atoms with Crippen LogP contribution in [0.15, 0.2) is 9.59 Å². The van der Waals surface area contributed by atoms with Crippen molar-refractivity contribution in [3.05, 3.63) is 26.7 Å². The Morgan fingerprint density at radius 2 is 2.08 bits per heavy atom. The van der Waals surface area contributed by atoms with E-state index in [1.165, 1.54) is 0 Å². The summed E-state index contributed by atoms with van der Waals surface area (Å²) >= 11 is 0. The van der Waals surface area contributed by atoms with Gasteiger partial charge in [-0.05, 0) is 62.3 Å². The fourth-order valence-electron chi connectivity index (χ4n) is 3.25. The molecule has 0 aromatic carbocycles. The Bertz CT molecular complexity index is 1840. The summed E-state index contributed by atoms with van der Waals surface area (Å²) < 4.78 is 187. The quantitative estimate of drug-likeness (QED) is 0.869. The van der Waals surface area contributed by atoms with Gasteiger partial charge in [-0.1, -0.05) is 13.8 Å². The molecule has 6 nitrogen and oxygen atoms in total. The van der Waals surface area contributed by atoms with E-state index in [0.29, 0.717) is 0 Å². The molecule has 4 fully saturated rings. The first-order chi connectivity index (χ1) is 21.0. The molecule has 1 N–H and O–H groups in total. The maximum Gasteiger partial charge on any atom is 0.332 e. The Hall–Kier alpha value is -1.85. The van der Waals surface area contributed by atoms with E-state index in [1.807, 2.05) is 4.98 Å². The van der Waals surface area contributed by atoms with E-state index in [0.717, 1.165) is 6.92 Å². The average molecular weight is 379 g/mol. The van der Waals surface area contributed by atoms with Crippen molar-refractivity contribution in [2.45, 2.75) is 76.8 Å². The monoisotopic (exact) mass is 378 g/mol. The van der Waals surface area contributed by atoms with Crippen LogP contribution in [-0.2, 0) is 18.4 Å². The molecular formula is C20H28N4O2. The normalized spacial score (nSPS) is 65.0. The molecule has 6 heteroatoms. The number of rotatable bonds is 5. The van der Waals surface area contributed by atoms with Crippen LogP contribution in [-0.4, -0.2) is 19.1 Å². The van der Waals surface area contributed by atoms with Crippen LogP contribution in [0.4, 0.5) is 0 Å². The molecule has 2 atom stereocenters. The molecule has 0 spiro atoms. The van der Waals surface area contributed by atoms with Crippen molar-refractivity contribution in [2.75, 3.05) is 0 Å². The molecule has 0 aliphatic heterocycles. The number of aromatic amines is 1. The minimum atomic E-state index is -4.10. The Kier molecular flexibility index (Phi) is 1.10. The SMILES string of the molecule is [2H]C([2H])(CC)n1c(=O)c2[nH]c(C34C([2H])([2H])C5([2H])C([2H])([2H])C([2H])(C([2H])([2H])C3([2H])C5([2H])[2H])C4([2H])[2H])nc2n(C([2H])([2H])C([2H])([2H])C([2H])([2H])[2H])c1=O. The van der Waals surface area contributed by atoms with E-state index in [-0.39, 0.29) is 4.57 Å². The van der Waals surface area contributed by atoms with Crippen molar-refractivity contribution in [2.24, 2.45) is 17.7 Å². The van der Waals surface area contributed by atoms with E-state index >= 15 is 0 Å². The lowest BCUT2D eigenvalue weighted by molar-refractivity contribution is 0.262. The van der Waals surface area contributed by atoms with Crippen molar-refractivity contribution in [1.29, 1.82) is 0 Å². The van der Waals surface area contributed by atoms with Gasteiger partial charge < -0.3 is 4.98 Å². The Morgan fingerprint density at radius 1 is 1.31 bits per heavy atom. The molecule has 2 aromatic rings. The topological polar surface area (TPSA) is 72.7 Å². The standard InChI is InChI=1S/C20H28N4O2/c1-3-5-23-16-15(17(25)24(6-4-2)19(23)26)21-18(22-16)20-10-12-7-13(11-20)9-14(20)8-12/h12-14H,3-11H2,1-2H3,(H,21,22)/i1D3,3D2,5D2,6D2,7D2,8D2,9D2,10D2,11D2,12D,13D,14D. The minimum Gasteiger partial charge on any atom is -0.336 e. The molecule has 4 aliphatic carbocycles. The fourth-order valence-corrected chi connectivity index (χ4v) is 3.25. The van der Waals surface area contributed by atoms with Crippen LogP contribution in [0.1, 0.15) is 94.4 Å². The number of H-pyrrole nitrogens is 1. The predicted molar refractivity (Wildman–Crippen MR) is 100 cm³/mol. The van der Waals surface area contributed by atoms with E-state index in [9.17, 15) is 11.0 Å². The molecule has 140 valence electrons. The highest BCUT2D eigenvalue weighted by Crippen LogP contribution is 2.65. The number of nitrogens with zero attached hydrogens (tertiary/aromatic N) is 3. The zero-order valence-electron chi connectivity index (χ0n) is 35.4. The average Bonchev–Trinajstić information content (AvgIpc) is 3.38. The van der Waals surface area contributed by atoms with Gasteiger partial charge >= 0.3 is 5.69 Å². The van der Waals surface area contributed by atoms with E-state index < -0.39 is 120 Å². The van der Waals surface area contributed by atoms with Crippen LogP contribution < -0.4 is 11.2 Å². The molecule has 2 heterocycles. The number of aryl methyl sites for hydroxylation is 1. The van der Waals surface area contributed by atoms with Gasteiger partial charge in [-0.2, -0.15) is 0 Å². The van der Waals surface area contributed by atoms with Crippen molar-refractivity contribution in [1.82, 2.24) is 19.1 Å². The molecule has 0 saturated heterocycles. The first kappa shape index (κ1) is 5.15. The van der Waals surface area contributed by atoms with E-state index in [1.54, 1.807) is 0 Å². The lowest BCUT2D eigenvalue weighted by atomic mass is 9.75. The number of imidazole rings is 1. The van der Waals surface area contributed by atoms with Crippen molar-refractivity contribution in [3.8, 4) is 0 Å². The number of hydrogen-bond donors (Lipinski definition) is 1. The third kappa shape index (κ3) is 2.01. The van der Waals surface area contributed by atoms with Gasteiger partial charge in [0.15, 0.2) is 5.65 Å². The molecule has 2 unspecified atom stereocenters. The summed E-state index contributed by atoms with van der Waals surface area (Å²) in [6.07, 6.45) is -25.0. The summed E-state index contributed by atoms with van der Waals surface area (Å²) in [5.74, 6) is -13.5. The first-order valence-electron chi connectivity index (χ1n) is 18.8. The Labute approximate surface area is 183 Å². The number of nitrogens with one attached hydrogen (secondary N) is 1. The third-order valence-corrected chi connectivity index (χ3v) is 4.29. The second-order valence-corrected chi connectivity index (χ2v) is 5.79. The highest BCUT2D eigenvalue weighted by atomic mass is 16.2. The van der Waals surface area contributed by atoms with Gasteiger partial charge in [0, 0.05) is 45.8 Å². The molecule has 4 saturated carbocycles. The summed E-state index contributed by atoms with van der Waals surface area (Å²) in [7, 11) is 0. The van der Waals surface area contributed by atoms with Gasteiger partial charge in [0.1, 0.15) is 11.3 Å². The fraction of sp³-hybridized carbons (Fsp3) is 0.750. The van der Waals surface area contributed by atoms with Crippen LogP contribution >= 0.6 is 0 Å². The summed E-state index contributed by atoms with van der Waals surface area (Å²) in [6.45, 7) is -9.87. The molecule has 2 aromatic heterocycles. The van der Waals surface area contributed by atoms with Crippen LogP contribution in [0.2, 0.25) is 0 Å².